The first kappa shape index (κ1) is 15.2. The Bertz CT molecular complexity index is 566. The maximum atomic E-state index is 13.1. The van der Waals surface area contributed by atoms with Crippen LogP contribution in [0.2, 0.25) is 0 Å². The average Bonchev–Trinajstić information content (AvgIpc) is 2.45. The van der Waals surface area contributed by atoms with Crippen LogP contribution in [-0.2, 0) is 13.0 Å². The second-order valence-corrected chi connectivity index (χ2v) is 5.79. The summed E-state index contributed by atoms with van der Waals surface area (Å²) in [6.45, 7) is 5.04. The van der Waals surface area contributed by atoms with E-state index in [1.807, 2.05) is 6.07 Å². The van der Waals surface area contributed by atoms with Gasteiger partial charge in [0.2, 0.25) is 0 Å². The van der Waals surface area contributed by atoms with E-state index in [0.717, 1.165) is 23.0 Å². The van der Waals surface area contributed by atoms with Crippen molar-refractivity contribution in [2.45, 2.75) is 32.9 Å². The summed E-state index contributed by atoms with van der Waals surface area (Å²) in [7, 11) is 0. The van der Waals surface area contributed by atoms with Crippen molar-refractivity contribution in [3.63, 3.8) is 0 Å². The molecule has 1 N–H and O–H groups in total. The quantitative estimate of drug-likeness (QED) is 0.810. The Hall–Kier alpha value is -1.19. The standard InChI is InChI=1S/C17H19BrFN/c1-3-13-4-6-14(7-5-13)11-20-12(2)16-9-8-15(19)10-17(16)18/h4-10,12,20H,3,11H2,1-2H3. The molecule has 106 valence electrons. The molecule has 0 bridgehead atoms. The number of nitrogens with one attached hydrogen (secondary N) is 1. The van der Waals surface area contributed by atoms with Crippen molar-refractivity contribution in [2.24, 2.45) is 0 Å². The van der Waals surface area contributed by atoms with Crippen LogP contribution in [0.4, 0.5) is 4.39 Å². The predicted molar refractivity (Wildman–Crippen MR) is 85.2 cm³/mol. The summed E-state index contributed by atoms with van der Waals surface area (Å²) < 4.78 is 13.9. The summed E-state index contributed by atoms with van der Waals surface area (Å²) in [5.41, 5.74) is 3.67. The van der Waals surface area contributed by atoms with Crippen molar-refractivity contribution in [1.29, 1.82) is 0 Å². The predicted octanol–water partition coefficient (Wildman–Crippen LogP) is 5.00. The molecule has 0 saturated heterocycles. The molecular formula is C17H19BrFN. The summed E-state index contributed by atoms with van der Waals surface area (Å²) in [5, 5.41) is 3.46. The van der Waals surface area contributed by atoms with Crippen molar-refractivity contribution in [3.8, 4) is 0 Å². The zero-order valence-electron chi connectivity index (χ0n) is 11.8. The third kappa shape index (κ3) is 3.90. The Morgan fingerprint density at radius 2 is 1.75 bits per heavy atom. The number of aryl methyl sites for hydroxylation is 1. The number of benzene rings is 2. The molecule has 0 aliphatic heterocycles. The van der Waals surface area contributed by atoms with Gasteiger partial charge in [0.25, 0.3) is 0 Å². The van der Waals surface area contributed by atoms with Crippen LogP contribution in [0.5, 0.6) is 0 Å². The van der Waals surface area contributed by atoms with Gasteiger partial charge >= 0.3 is 0 Å². The molecule has 0 spiro atoms. The largest absolute Gasteiger partial charge is 0.306 e. The molecule has 0 aromatic heterocycles. The highest BCUT2D eigenvalue weighted by Gasteiger charge is 2.09. The minimum Gasteiger partial charge on any atom is -0.306 e. The van der Waals surface area contributed by atoms with E-state index in [4.69, 9.17) is 0 Å². The Morgan fingerprint density at radius 3 is 2.35 bits per heavy atom. The SMILES string of the molecule is CCc1ccc(CNC(C)c2ccc(F)cc2Br)cc1. The van der Waals surface area contributed by atoms with Crippen LogP contribution in [0.3, 0.4) is 0 Å². The molecule has 0 radical (unpaired) electrons. The molecule has 0 saturated carbocycles. The van der Waals surface area contributed by atoms with Gasteiger partial charge in [0.1, 0.15) is 5.82 Å². The van der Waals surface area contributed by atoms with E-state index in [1.54, 1.807) is 0 Å². The third-order valence-electron chi connectivity index (χ3n) is 3.47. The van der Waals surface area contributed by atoms with E-state index >= 15 is 0 Å². The van der Waals surface area contributed by atoms with Crippen LogP contribution in [0.15, 0.2) is 46.9 Å². The first-order valence-corrected chi connectivity index (χ1v) is 7.65. The highest BCUT2D eigenvalue weighted by Crippen LogP contribution is 2.24. The van der Waals surface area contributed by atoms with E-state index in [1.165, 1.54) is 23.3 Å². The van der Waals surface area contributed by atoms with Crippen LogP contribution in [0.1, 0.15) is 36.6 Å². The van der Waals surface area contributed by atoms with Gasteiger partial charge in [0.05, 0.1) is 0 Å². The summed E-state index contributed by atoms with van der Waals surface area (Å²) in [6.07, 6.45) is 1.06. The molecule has 0 aliphatic carbocycles. The number of hydrogen-bond donors (Lipinski definition) is 1. The maximum absolute atomic E-state index is 13.1. The molecule has 0 fully saturated rings. The molecular weight excluding hydrogens is 317 g/mol. The van der Waals surface area contributed by atoms with Gasteiger partial charge in [-0.1, -0.05) is 53.2 Å². The summed E-state index contributed by atoms with van der Waals surface area (Å²) in [5.74, 6) is -0.219. The van der Waals surface area contributed by atoms with E-state index in [-0.39, 0.29) is 11.9 Å². The Kier molecular flexibility index (Phi) is 5.32. The fourth-order valence-corrected chi connectivity index (χ4v) is 2.82. The molecule has 1 unspecified atom stereocenters. The molecule has 0 heterocycles. The molecule has 1 atom stereocenters. The lowest BCUT2D eigenvalue weighted by molar-refractivity contribution is 0.568. The second kappa shape index (κ2) is 7.00. The van der Waals surface area contributed by atoms with Crippen molar-refractivity contribution < 1.29 is 4.39 Å². The van der Waals surface area contributed by atoms with Crippen molar-refractivity contribution in [1.82, 2.24) is 5.32 Å². The minimum absolute atomic E-state index is 0.163. The monoisotopic (exact) mass is 335 g/mol. The smallest absolute Gasteiger partial charge is 0.124 e. The molecule has 2 aromatic carbocycles. The van der Waals surface area contributed by atoms with E-state index in [2.05, 4.69) is 59.4 Å². The van der Waals surface area contributed by atoms with Gasteiger partial charge in [-0.3, -0.25) is 0 Å². The minimum atomic E-state index is -0.219. The summed E-state index contributed by atoms with van der Waals surface area (Å²) in [6, 6.07) is 13.6. The Balaban J connectivity index is 1.98. The van der Waals surface area contributed by atoms with Crippen LogP contribution in [-0.4, -0.2) is 0 Å². The molecule has 2 aromatic rings. The zero-order valence-corrected chi connectivity index (χ0v) is 13.4. The van der Waals surface area contributed by atoms with E-state index < -0.39 is 0 Å². The Labute approximate surface area is 128 Å². The van der Waals surface area contributed by atoms with Crippen LogP contribution >= 0.6 is 15.9 Å². The summed E-state index contributed by atoms with van der Waals surface area (Å²) >= 11 is 3.41. The van der Waals surface area contributed by atoms with Gasteiger partial charge in [-0.2, -0.15) is 0 Å². The third-order valence-corrected chi connectivity index (χ3v) is 4.16. The summed E-state index contributed by atoms with van der Waals surface area (Å²) in [4.78, 5) is 0. The van der Waals surface area contributed by atoms with Crippen LogP contribution in [0.25, 0.3) is 0 Å². The highest BCUT2D eigenvalue weighted by atomic mass is 79.9. The van der Waals surface area contributed by atoms with Gasteiger partial charge in [-0.05, 0) is 42.2 Å². The Morgan fingerprint density at radius 1 is 1.10 bits per heavy atom. The maximum Gasteiger partial charge on any atom is 0.124 e. The molecule has 3 heteroatoms. The second-order valence-electron chi connectivity index (χ2n) is 4.94. The van der Waals surface area contributed by atoms with Crippen molar-refractivity contribution in [3.05, 3.63) is 69.4 Å². The van der Waals surface area contributed by atoms with Gasteiger partial charge in [-0.15, -0.1) is 0 Å². The highest BCUT2D eigenvalue weighted by molar-refractivity contribution is 9.10. The van der Waals surface area contributed by atoms with Gasteiger partial charge in [0.15, 0.2) is 0 Å². The van der Waals surface area contributed by atoms with Crippen LogP contribution < -0.4 is 5.32 Å². The lowest BCUT2D eigenvalue weighted by atomic mass is 10.1. The molecule has 0 aliphatic rings. The first-order valence-electron chi connectivity index (χ1n) is 6.86. The first-order chi connectivity index (χ1) is 9.60. The van der Waals surface area contributed by atoms with E-state index in [9.17, 15) is 4.39 Å². The fourth-order valence-electron chi connectivity index (χ4n) is 2.13. The zero-order chi connectivity index (χ0) is 14.5. The van der Waals surface area contributed by atoms with E-state index in [0.29, 0.717) is 0 Å². The van der Waals surface area contributed by atoms with Gasteiger partial charge in [0, 0.05) is 17.1 Å². The molecule has 20 heavy (non-hydrogen) atoms. The molecule has 1 nitrogen and oxygen atoms in total. The van der Waals surface area contributed by atoms with Crippen molar-refractivity contribution >= 4 is 15.9 Å². The van der Waals surface area contributed by atoms with Crippen molar-refractivity contribution in [2.75, 3.05) is 0 Å². The number of halogens is 2. The van der Waals surface area contributed by atoms with Gasteiger partial charge < -0.3 is 5.32 Å². The fraction of sp³-hybridized carbons (Fsp3) is 0.294. The average molecular weight is 336 g/mol. The normalized spacial score (nSPS) is 12.4. The number of rotatable bonds is 5. The topological polar surface area (TPSA) is 12.0 Å². The lowest BCUT2D eigenvalue weighted by Gasteiger charge is -2.16. The van der Waals surface area contributed by atoms with Crippen LogP contribution in [0, 0.1) is 5.82 Å². The molecule has 2 rings (SSSR count). The molecule has 0 amide bonds. The van der Waals surface area contributed by atoms with Gasteiger partial charge in [-0.25, -0.2) is 4.39 Å². The number of hydrogen-bond acceptors (Lipinski definition) is 1. The lowest BCUT2D eigenvalue weighted by Crippen LogP contribution is -2.18.